The second-order valence-electron chi connectivity index (χ2n) is 8.55. The first-order valence-corrected chi connectivity index (χ1v) is 11.9. The van der Waals surface area contributed by atoms with E-state index in [9.17, 15) is 14.4 Å². The van der Waals surface area contributed by atoms with Gasteiger partial charge in [0.2, 0.25) is 11.8 Å². The molecule has 1 unspecified atom stereocenters. The lowest BCUT2D eigenvalue weighted by molar-refractivity contribution is -0.124. The second-order valence-corrected chi connectivity index (χ2v) is 9.53. The van der Waals surface area contributed by atoms with Crippen molar-refractivity contribution in [3.63, 3.8) is 0 Å². The molecule has 1 fully saturated rings. The fourth-order valence-corrected chi connectivity index (χ4v) is 4.96. The summed E-state index contributed by atoms with van der Waals surface area (Å²) in [6.45, 7) is 5.42. The molecule has 1 aliphatic heterocycles. The first kappa shape index (κ1) is 22.9. The van der Waals surface area contributed by atoms with E-state index in [4.69, 9.17) is 0 Å². The third-order valence-electron chi connectivity index (χ3n) is 5.86. The van der Waals surface area contributed by atoms with E-state index in [1.165, 1.54) is 27.8 Å². The zero-order chi connectivity index (χ0) is 23.5. The maximum absolute atomic E-state index is 13.0. The van der Waals surface area contributed by atoms with Gasteiger partial charge in [0.05, 0.1) is 5.92 Å². The minimum Gasteiger partial charge on any atom is -0.359 e. The normalized spacial score (nSPS) is 16.2. The summed E-state index contributed by atoms with van der Waals surface area (Å²) in [4.78, 5) is 48.4. The quantitative estimate of drug-likeness (QED) is 0.576. The van der Waals surface area contributed by atoms with Gasteiger partial charge in [0.25, 0.3) is 5.56 Å². The number of fused-ring (bicyclic) bond motifs is 1. The molecular formula is C23H28N6O3S. The molecule has 0 saturated carbocycles. The molecule has 1 aliphatic rings. The number of hydrogen-bond acceptors (Lipinski definition) is 7. The summed E-state index contributed by atoms with van der Waals surface area (Å²) in [5.74, 6) is 0.0320. The minimum absolute atomic E-state index is 0.0196. The van der Waals surface area contributed by atoms with Crippen LogP contribution in [-0.4, -0.2) is 46.5 Å². The van der Waals surface area contributed by atoms with Gasteiger partial charge in [-0.25, -0.2) is 4.98 Å². The summed E-state index contributed by atoms with van der Waals surface area (Å²) >= 11 is 1.26. The number of benzene rings is 1. The van der Waals surface area contributed by atoms with Crippen molar-refractivity contribution in [3.05, 3.63) is 46.5 Å². The lowest BCUT2D eigenvalue weighted by atomic mass is 9.98. The van der Waals surface area contributed by atoms with E-state index >= 15 is 0 Å². The van der Waals surface area contributed by atoms with Crippen LogP contribution >= 0.6 is 11.3 Å². The molecule has 2 N–H and O–H groups in total. The first-order valence-electron chi connectivity index (χ1n) is 11.1. The van der Waals surface area contributed by atoms with Crippen molar-refractivity contribution in [3.8, 4) is 0 Å². The molecule has 3 aromatic rings. The third-order valence-corrected chi connectivity index (χ3v) is 6.95. The molecule has 1 aromatic carbocycles. The number of amides is 2. The lowest BCUT2D eigenvalue weighted by Gasteiger charge is -2.31. The molecule has 0 radical (unpaired) electrons. The van der Waals surface area contributed by atoms with Crippen LogP contribution in [0.3, 0.4) is 0 Å². The number of carbonyl (C=O) groups is 2. The Balaban J connectivity index is 1.48. The minimum atomic E-state index is -0.301. The Hall–Kier alpha value is -3.27. The predicted molar refractivity (Wildman–Crippen MR) is 130 cm³/mol. The van der Waals surface area contributed by atoms with Gasteiger partial charge in [-0.05, 0) is 36.5 Å². The zero-order valence-electron chi connectivity index (χ0n) is 19.0. The van der Waals surface area contributed by atoms with Gasteiger partial charge in [-0.15, -0.1) is 0 Å². The highest BCUT2D eigenvalue weighted by atomic mass is 32.1. The molecule has 2 aromatic heterocycles. The molecule has 0 bridgehead atoms. The highest BCUT2D eigenvalue weighted by Crippen LogP contribution is 2.29. The number of hydrogen-bond donors (Lipinski definition) is 2. The molecule has 1 atom stereocenters. The van der Waals surface area contributed by atoms with E-state index in [0.717, 1.165) is 19.4 Å². The Morgan fingerprint density at radius 2 is 2.00 bits per heavy atom. The first-order chi connectivity index (χ1) is 15.9. The average molecular weight is 469 g/mol. The molecule has 174 valence electrons. The third kappa shape index (κ3) is 5.05. The van der Waals surface area contributed by atoms with Gasteiger partial charge in [-0.2, -0.15) is 4.98 Å². The molecule has 2 amide bonds. The van der Waals surface area contributed by atoms with Gasteiger partial charge >= 0.3 is 0 Å². The average Bonchev–Trinajstić information content (AvgIpc) is 3.26. The molecule has 4 rings (SSSR count). The number of rotatable bonds is 6. The van der Waals surface area contributed by atoms with Crippen LogP contribution in [0.1, 0.15) is 38.2 Å². The van der Waals surface area contributed by atoms with Gasteiger partial charge < -0.3 is 15.5 Å². The summed E-state index contributed by atoms with van der Waals surface area (Å²) in [5.41, 5.74) is 1.94. The van der Waals surface area contributed by atoms with E-state index in [-0.39, 0.29) is 29.8 Å². The molecule has 9 nitrogen and oxygen atoms in total. The summed E-state index contributed by atoms with van der Waals surface area (Å²) in [6, 6.07) is 7.68. The number of nitrogens with zero attached hydrogens (tertiary/aromatic N) is 4. The fourth-order valence-electron chi connectivity index (χ4n) is 3.96. The summed E-state index contributed by atoms with van der Waals surface area (Å²) in [6.07, 6.45) is 3.07. The van der Waals surface area contributed by atoms with E-state index in [1.807, 2.05) is 29.2 Å². The van der Waals surface area contributed by atoms with Crippen molar-refractivity contribution in [1.29, 1.82) is 0 Å². The van der Waals surface area contributed by atoms with E-state index in [2.05, 4.69) is 34.4 Å². The highest BCUT2D eigenvalue weighted by Gasteiger charge is 2.27. The number of aromatic nitrogens is 3. The van der Waals surface area contributed by atoms with Crippen LogP contribution in [0.2, 0.25) is 0 Å². The maximum atomic E-state index is 13.0. The fraction of sp³-hybridized carbons (Fsp3) is 0.435. The Bertz CT molecular complexity index is 1220. The van der Waals surface area contributed by atoms with Crippen LogP contribution in [-0.2, 0) is 16.1 Å². The number of anilines is 2. The SMILES string of the molecule is CNC(=O)C1CCCN(c2nc3ncn(CC(=O)Nc4ccc(C(C)C)cc4)c(=O)c3s2)C1. The Labute approximate surface area is 195 Å². The lowest BCUT2D eigenvalue weighted by Crippen LogP contribution is -2.42. The molecule has 1 saturated heterocycles. The topological polar surface area (TPSA) is 109 Å². The van der Waals surface area contributed by atoms with Crippen molar-refractivity contribution in [2.24, 2.45) is 5.92 Å². The Kier molecular flexibility index (Phi) is 6.73. The largest absolute Gasteiger partial charge is 0.359 e. The highest BCUT2D eigenvalue weighted by molar-refractivity contribution is 7.22. The molecule has 3 heterocycles. The van der Waals surface area contributed by atoms with Crippen LogP contribution in [0, 0.1) is 5.92 Å². The van der Waals surface area contributed by atoms with Crippen LogP contribution in [0.15, 0.2) is 35.4 Å². The van der Waals surface area contributed by atoms with Gasteiger partial charge in [0.15, 0.2) is 10.8 Å². The van der Waals surface area contributed by atoms with Gasteiger partial charge in [-0.1, -0.05) is 37.3 Å². The van der Waals surface area contributed by atoms with Crippen LogP contribution < -0.4 is 21.1 Å². The van der Waals surface area contributed by atoms with Crippen LogP contribution in [0.5, 0.6) is 0 Å². The standard InChI is InChI=1S/C23H28N6O3S/c1-14(2)15-6-8-17(9-7-15)26-18(30)12-29-13-25-20-19(22(29)32)33-23(27-20)28-10-4-5-16(11-28)21(31)24-3/h6-9,13-14,16H,4-5,10-12H2,1-3H3,(H,24,31)(H,26,30). The zero-order valence-corrected chi connectivity index (χ0v) is 19.8. The van der Waals surface area contributed by atoms with Gasteiger partial charge in [0.1, 0.15) is 17.6 Å². The molecule has 33 heavy (non-hydrogen) atoms. The number of thiazole rings is 1. The number of piperidine rings is 1. The summed E-state index contributed by atoms with van der Waals surface area (Å²) in [5, 5.41) is 6.21. The maximum Gasteiger partial charge on any atom is 0.273 e. The van der Waals surface area contributed by atoms with Crippen molar-refractivity contribution < 1.29 is 9.59 Å². The molecule has 10 heteroatoms. The van der Waals surface area contributed by atoms with E-state index < -0.39 is 0 Å². The van der Waals surface area contributed by atoms with Gasteiger partial charge in [-0.3, -0.25) is 19.0 Å². The Morgan fingerprint density at radius 1 is 1.24 bits per heavy atom. The van der Waals surface area contributed by atoms with Crippen molar-refractivity contribution >= 4 is 44.3 Å². The van der Waals surface area contributed by atoms with Crippen molar-refractivity contribution in [1.82, 2.24) is 19.9 Å². The van der Waals surface area contributed by atoms with E-state index in [1.54, 1.807) is 7.05 Å². The molecule has 0 spiro atoms. The Morgan fingerprint density at radius 3 is 2.70 bits per heavy atom. The second kappa shape index (κ2) is 9.70. The van der Waals surface area contributed by atoms with Gasteiger partial charge in [0, 0.05) is 25.8 Å². The number of nitrogens with one attached hydrogen (secondary N) is 2. The van der Waals surface area contributed by atoms with Crippen LogP contribution in [0.4, 0.5) is 10.8 Å². The number of carbonyl (C=O) groups excluding carboxylic acids is 2. The smallest absolute Gasteiger partial charge is 0.273 e. The van der Waals surface area contributed by atoms with Crippen molar-refractivity contribution in [2.75, 3.05) is 30.4 Å². The van der Waals surface area contributed by atoms with E-state index in [0.29, 0.717) is 33.6 Å². The predicted octanol–water partition coefficient (Wildman–Crippen LogP) is 2.58. The molecule has 0 aliphatic carbocycles. The molecular weight excluding hydrogens is 440 g/mol. The van der Waals surface area contributed by atoms with Crippen LogP contribution in [0.25, 0.3) is 10.3 Å². The van der Waals surface area contributed by atoms with Crippen molar-refractivity contribution in [2.45, 2.75) is 39.2 Å². The summed E-state index contributed by atoms with van der Waals surface area (Å²) < 4.78 is 1.70. The summed E-state index contributed by atoms with van der Waals surface area (Å²) in [7, 11) is 1.64. The monoisotopic (exact) mass is 468 g/mol.